The molecule has 0 N–H and O–H groups in total. The van der Waals surface area contributed by atoms with Crippen LogP contribution in [0.15, 0.2) is 18.2 Å². The summed E-state index contributed by atoms with van der Waals surface area (Å²) in [6.45, 7) is 1.12. The first-order valence-corrected chi connectivity index (χ1v) is 8.76. The minimum absolute atomic E-state index is 0.0732. The van der Waals surface area contributed by atoms with E-state index in [1.807, 2.05) is 4.57 Å². The fourth-order valence-electron chi connectivity index (χ4n) is 4.01. The van der Waals surface area contributed by atoms with Crippen molar-refractivity contribution in [3.63, 3.8) is 0 Å². The van der Waals surface area contributed by atoms with E-state index in [0.717, 1.165) is 42.7 Å². The number of methoxy groups -OCH3 is 1. The Kier molecular flexibility index (Phi) is 4.44. The molecule has 2 atom stereocenters. The molecule has 1 fully saturated rings. The van der Waals surface area contributed by atoms with Crippen LogP contribution in [0.1, 0.15) is 34.8 Å². The van der Waals surface area contributed by atoms with E-state index in [0.29, 0.717) is 26.0 Å². The van der Waals surface area contributed by atoms with E-state index in [-0.39, 0.29) is 17.6 Å². The Morgan fingerprint density at radius 2 is 2.08 bits per heavy atom. The molecule has 0 aliphatic carbocycles. The minimum Gasteiger partial charge on any atom is -0.384 e. The second-order valence-electron chi connectivity index (χ2n) is 6.81. The smallest absolute Gasteiger partial charge is 0.257 e. The van der Waals surface area contributed by atoms with Crippen molar-refractivity contribution < 1.29 is 18.3 Å². The van der Waals surface area contributed by atoms with Gasteiger partial charge in [0.25, 0.3) is 5.91 Å². The first kappa shape index (κ1) is 17.1. The highest BCUT2D eigenvalue weighted by atomic mass is 19.1. The third-order valence-corrected chi connectivity index (χ3v) is 5.26. The van der Waals surface area contributed by atoms with E-state index in [1.54, 1.807) is 12.0 Å². The normalized spacial score (nSPS) is 21.6. The maximum atomic E-state index is 14.1. The summed E-state index contributed by atoms with van der Waals surface area (Å²) in [6, 6.07) is 2.85. The average molecular weight is 362 g/mol. The van der Waals surface area contributed by atoms with Gasteiger partial charge in [-0.15, -0.1) is 10.2 Å². The Morgan fingerprint density at radius 1 is 1.27 bits per heavy atom. The van der Waals surface area contributed by atoms with Crippen molar-refractivity contribution >= 4 is 5.91 Å². The zero-order valence-corrected chi connectivity index (χ0v) is 14.5. The number of rotatable bonds is 4. The maximum absolute atomic E-state index is 14.1. The van der Waals surface area contributed by atoms with Gasteiger partial charge in [-0.2, -0.15) is 0 Å². The van der Waals surface area contributed by atoms with Gasteiger partial charge < -0.3 is 14.2 Å². The summed E-state index contributed by atoms with van der Waals surface area (Å²) in [5.74, 6) is -0.0951. The molecule has 3 heterocycles. The first-order chi connectivity index (χ1) is 12.6. The molecule has 4 rings (SSSR count). The monoisotopic (exact) mass is 362 g/mol. The summed E-state index contributed by atoms with van der Waals surface area (Å²) in [5.41, 5.74) is -0.209. The zero-order valence-electron chi connectivity index (χ0n) is 14.5. The standard InChI is InChI=1S/C18H20F2N4O2/c1-26-7-6-16-21-22-17-9-12-3-4-13(10-23(16)17)24(12)18(25)14-8-11(19)2-5-15(14)20/h2,5,8,12-13H,3-4,6-7,9-10H2,1H3/t12-,13+/m0/s1. The number of benzene rings is 1. The summed E-state index contributed by atoms with van der Waals surface area (Å²) < 4.78 is 34.8. The topological polar surface area (TPSA) is 60.3 Å². The van der Waals surface area contributed by atoms with Gasteiger partial charge in [-0.05, 0) is 31.0 Å². The first-order valence-electron chi connectivity index (χ1n) is 8.76. The van der Waals surface area contributed by atoms with E-state index >= 15 is 0 Å². The Hall–Kier alpha value is -2.35. The van der Waals surface area contributed by atoms with Gasteiger partial charge in [0.2, 0.25) is 0 Å². The van der Waals surface area contributed by atoms with Crippen LogP contribution in [0.4, 0.5) is 8.78 Å². The van der Waals surface area contributed by atoms with E-state index < -0.39 is 17.5 Å². The fourth-order valence-corrected chi connectivity index (χ4v) is 4.01. The van der Waals surface area contributed by atoms with E-state index in [2.05, 4.69) is 10.2 Å². The summed E-state index contributed by atoms with van der Waals surface area (Å²) in [7, 11) is 1.63. The van der Waals surface area contributed by atoms with E-state index in [9.17, 15) is 13.6 Å². The third-order valence-electron chi connectivity index (χ3n) is 5.26. The van der Waals surface area contributed by atoms with Gasteiger partial charge in [-0.1, -0.05) is 0 Å². The summed E-state index contributed by atoms with van der Waals surface area (Å²) in [5, 5.41) is 8.52. The van der Waals surface area contributed by atoms with Crippen LogP contribution in [0.5, 0.6) is 0 Å². The molecule has 1 aromatic heterocycles. The zero-order chi connectivity index (χ0) is 18.3. The molecule has 0 radical (unpaired) electrons. The van der Waals surface area contributed by atoms with Crippen LogP contribution in [-0.4, -0.2) is 51.4 Å². The highest BCUT2D eigenvalue weighted by Gasteiger charge is 2.42. The van der Waals surface area contributed by atoms with E-state index in [1.165, 1.54) is 0 Å². The van der Waals surface area contributed by atoms with Crippen LogP contribution in [0, 0.1) is 11.6 Å². The summed E-state index contributed by atoms with van der Waals surface area (Å²) in [6.07, 6.45) is 2.87. The molecule has 0 saturated carbocycles. The molecular formula is C18H20F2N4O2. The highest BCUT2D eigenvalue weighted by molar-refractivity contribution is 5.95. The number of hydrogen-bond donors (Lipinski definition) is 0. The van der Waals surface area contributed by atoms with Crippen LogP contribution < -0.4 is 0 Å². The fraction of sp³-hybridized carbons (Fsp3) is 0.500. The van der Waals surface area contributed by atoms with Crippen molar-refractivity contribution in [2.24, 2.45) is 0 Å². The van der Waals surface area contributed by atoms with Crippen LogP contribution in [0.25, 0.3) is 0 Å². The van der Waals surface area contributed by atoms with E-state index in [4.69, 9.17) is 4.74 Å². The molecule has 0 spiro atoms. The molecule has 0 unspecified atom stereocenters. The van der Waals surface area contributed by atoms with Crippen molar-refractivity contribution in [1.82, 2.24) is 19.7 Å². The molecule has 1 aromatic carbocycles. The SMILES string of the molecule is COCCc1nnc2n1C[C@H]1CC[C@@H](C2)N1C(=O)c1cc(F)ccc1F. The third kappa shape index (κ3) is 2.88. The van der Waals surface area contributed by atoms with Gasteiger partial charge in [-0.25, -0.2) is 8.78 Å². The maximum Gasteiger partial charge on any atom is 0.257 e. The Labute approximate surface area is 149 Å². The number of amides is 1. The largest absolute Gasteiger partial charge is 0.384 e. The Balaban J connectivity index is 1.63. The molecule has 2 aliphatic rings. The van der Waals surface area contributed by atoms with Gasteiger partial charge in [-0.3, -0.25) is 4.79 Å². The highest BCUT2D eigenvalue weighted by Crippen LogP contribution is 2.33. The number of carbonyl (C=O) groups excluding carboxylic acids is 1. The molecule has 26 heavy (non-hydrogen) atoms. The van der Waals surface area contributed by atoms with Gasteiger partial charge in [0.1, 0.15) is 23.3 Å². The predicted molar refractivity (Wildman–Crippen MR) is 88.6 cm³/mol. The molecule has 1 saturated heterocycles. The van der Waals surface area contributed by atoms with Gasteiger partial charge in [0.15, 0.2) is 0 Å². The predicted octanol–water partition coefficient (Wildman–Crippen LogP) is 1.97. The lowest BCUT2D eigenvalue weighted by Crippen LogP contribution is -2.42. The lowest BCUT2D eigenvalue weighted by Gasteiger charge is -2.28. The molecule has 1 amide bonds. The number of hydrogen-bond acceptors (Lipinski definition) is 4. The molecule has 8 heteroatoms. The van der Waals surface area contributed by atoms with Crippen LogP contribution in [0.2, 0.25) is 0 Å². The van der Waals surface area contributed by atoms with Crippen LogP contribution in [0.3, 0.4) is 0 Å². The summed E-state index contributed by atoms with van der Waals surface area (Å²) in [4.78, 5) is 14.7. The molecule has 2 aliphatic heterocycles. The van der Waals surface area contributed by atoms with Crippen LogP contribution in [-0.2, 0) is 24.1 Å². The number of fused-ring (bicyclic) bond motifs is 3. The Bertz CT molecular complexity index is 839. The lowest BCUT2D eigenvalue weighted by molar-refractivity contribution is 0.0659. The Morgan fingerprint density at radius 3 is 2.88 bits per heavy atom. The summed E-state index contributed by atoms with van der Waals surface area (Å²) >= 11 is 0. The minimum atomic E-state index is -0.694. The number of aromatic nitrogens is 3. The second-order valence-corrected chi connectivity index (χ2v) is 6.81. The second kappa shape index (κ2) is 6.75. The van der Waals surface area contributed by atoms with Crippen molar-refractivity contribution in [2.45, 2.75) is 44.3 Å². The number of halogens is 2. The lowest BCUT2D eigenvalue weighted by atomic mass is 10.1. The quantitative estimate of drug-likeness (QED) is 0.834. The van der Waals surface area contributed by atoms with Crippen molar-refractivity contribution in [2.75, 3.05) is 13.7 Å². The van der Waals surface area contributed by atoms with Gasteiger partial charge in [0, 0.05) is 32.5 Å². The van der Waals surface area contributed by atoms with Crippen molar-refractivity contribution in [3.05, 3.63) is 47.0 Å². The van der Waals surface area contributed by atoms with Crippen molar-refractivity contribution in [1.29, 1.82) is 0 Å². The molecule has 2 bridgehead atoms. The molecule has 2 aromatic rings. The molecule has 138 valence electrons. The van der Waals surface area contributed by atoms with Gasteiger partial charge >= 0.3 is 0 Å². The van der Waals surface area contributed by atoms with Crippen molar-refractivity contribution in [3.8, 4) is 0 Å². The van der Waals surface area contributed by atoms with Gasteiger partial charge in [0.05, 0.1) is 18.2 Å². The number of carbonyl (C=O) groups is 1. The molecular weight excluding hydrogens is 342 g/mol. The van der Waals surface area contributed by atoms with Crippen LogP contribution >= 0.6 is 0 Å². The number of nitrogens with zero attached hydrogens (tertiary/aromatic N) is 4. The molecule has 6 nitrogen and oxygen atoms in total. The average Bonchev–Trinajstić information content (AvgIpc) is 3.14. The number of ether oxygens (including phenoxy) is 1.